The van der Waals surface area contributed by atoms with Crippen LogP contribution in [0, 0.1) is 5.92 Å². The van der Waals surface area contributed by atoms with E-state index in [0.717, 1.165) is 18.4 Å². The van der Waals surface area contributed by atoms with Crippen LogP contribution in [-0.2, 0) is 0 Å². The van der Waals surface area contributed by atoms with Gasteiger partial charge in [0, 0.05) is 12.5 Å². The molecule has 0 saturated heterocycles. The minimum atomic E-state index is -0.331. The van der Waals surface area contributed by atoms with Crippen molar-refractivity contribution in [2.75, 3.05) is 6.54 Å². The van der Waals surface area contributed by atoms with Crippen LogP contribution in [0.25, 0.3) is 0 Å². The minimum absolute atomic E-state index is 0.0612. The molecule has 0 spiro atoms. The third kappa shape index (κ3) is 3.06. The van der Waals surface area contributed by atoms with Gasteiger partial charge in [0.15, 0.2) is 0 Å². The molecule has 1 aromatic carbocycles. The normalized spacial score (nSPS) is 15.1. The van der Waals surface area contributed by atoms with Crippen molar-refractivity contribution < 1.29 is 5.11 Å². The molecule has 1 aromatic rings. The number of aliphatic hydroxyl groups excluding tert-OH is 1. The summed E-state index contributed by atoms with van der Waals surface area (Å²) in [7, 11) is 0. The summed E-state index contributed by atoms with van der Waals surface area (Å²) in [6, 6.07) is 10.1. The topological polar surface area (TPSA) is 46.2 Å². The molecule has 16 heavy (non-hydrogen) atoms. The quantitative estimate of drug-likeness (QED) is 0.775. The zero-order valence-corrected chi connectivity index (χ0v) is 10.3. The largest absolute Gasteiger partial charge is 0.392 e. The average Bonchev–Trinajstić information content (AvgIpc) is 2.33. The molecule has 2 heteroatoms. The monoisotopic (exact) mass is 221 g/mol. The first-order valence-electron chi connectivity index (χ1n) is 6.17. The molecule has 0 saturated carbocycles. The van der Waals surface area contributed by atoms with E-state index < -0.39 is 0 Å². The number of nitrogens with two attached hydrogens (primary N) is 1. The Morgan fingerprint density at radius 2 is 1.69 bits per heavy atom. The second kappa shape index (κ2) is 6.66. The molecule has 0 amide bonds. The zero-order valence-electron chi connectivity index (χ0n) is 10.3. The third-order valence-electron chi connectivity index (χ3n) is 3.43. The molecule has 0 aliphatic heterocycles. The first-order valence-corrected chi connectivity index (χ1v) is 6.17. The lowest BCUT2D eigenvalue weighted by molar-refractivity contribution is 0.0780. The third-order valence-corrected chi connectivity index (χ3v) is 3.43. The van der Waals surface area contributed by atoms with E-state index in [0.29, 0.717) is 12.5 Å². The Morgan fingerprint density at radius 1 is 1.12 bits per heavy atom. The fourth-order valence-corrected chi connectivity index (χ4v) is 2.27. The van der Waals surface area contributed by atoms with Crippen molar-refractivity contribution in [1.82, 2.24) is 0 Å². The summed E-state index contributed by atoms with van der Waals surface area (Å²) in [5.74, 6) is 0.403. The molecule has 0 heterocycles. The lowest BCUT2D eigenvalue weighted by Crippen LogP contribution is -2.32. The summed E-state index contributed by atoms with van der Waals surface area (Å²) in [5, 5.41) is 10.3. The molecule has 0 bridgehead atoms. The van der Waals surface area contributed by atoms with E-state index in [1.807, 2.05) is 30.3 Å². The molecular weight excluding hydrogens is 198 g/mol. The number of benzene rings is 1. The highest BCUT2D eigenvalue weighted by Crippen LogP contribution is 2.26. The summed E-state index contributed by atoms with van der Waals surface area (Å²) in [4.78, 5) is 0. The second-order valence-electron chi connectivity index (χ2n) is 4.32. The zero-order chi connectivity index (χ0) is 12.0. The van der Waals surface area contributed by atoms with E-state index in [2.05, 4.69) is 13.8 Å². The van der Waals surface area contributed by atoms with E-state index >= 15 is 0 Å². The van der Waals surface area contributed by atoms with Gasteiger partial charge in [0.1, 0.15) is 0 Å². The molecule has 2 atom stereocenters. The number of aliphatic hydroxyl groups is 1. The number of rotatable bonds is 6. The van der Waals surface area contributed by atoms with Crippen molar-refractivity contribution >= 4 is 0 Å². The van der Waals surface area contributed by atoms with Gasteiger partial charge < -0.3 is 10.8 Å². The Balaban J connectivity index is 2.82. The highest BCUT2D eigenvalue weighted by atomic mass is 16.3. The molecule has 3 N–H and O–H groups in total. The van der Waals surface area contributed by atoms with Crippen LogP contribution in [0.5, 0.6) is 0 Å². The molecule has 1 rings (SSSR count). The van der Waals surface area contributed by atoms with Crippen LogP contribution >= 0.6 is 0 Å². The first kappa shape index (κ1) is 13.2. The van der Waals surface area contributed by atoms with Crippen LogP contribution in [0.4, 0.5) is 0 Å². The average molecular weight is 221 g/mol. The fourth-order valence-electron chi connectivity index (χ4n) is 2.27. The summed E-state index contributed by atoms with van der Waals surface area (Å²) in [6.45, 7) is 4.74. The molecule has 90 valence electrons. The number of hydrogen-bond acceptors (Lipinski definition) is 2. The van der Waals surface area contributed by atoms with Crippen molar-refractivity contribution in [1.29, 1.82) is 0 Å². The summed E-state index contributed by atoms with van der Waals surface area (Å²) in [6.07, 6.45) is 1.67. The van der Waals surface area contributed by atoms with Gasteiger partial charge in [-0.15, -0.1) is 0 Å². The summed E-state index contributed by atoms with van der Waals surface area (Å²) < 4.78 is 0. The lowest BCUT2D eigenvalue weighted by atomic mass is 9.83. The standard InChI is InChI=1S/C14H23NO/c1-3-11(4-2)14(16)13(10-15)12-8-6-5-7-9-12/h5-9,11,13-14,16H,3-4,10,15H2,1-2H3. The van der Waals surface area contributed by atoms with Crippen molar-refractivity contribution in [2.45, 2.75) is 38.7 Å². The van der Waals surface area contributed by atoms with Crippen LogP contribution in [-0.4, -0.2) is 17.8 Å². The van der Waals surface area contributed by atoms with E-state index in [1.165, 1.54) is 0 Å². The molecule has 0 radical (unpaired) electrons. The SMILES string of the molecule is CCC(CC)C(O)C(CN)c1ccccc1. The van der Waals surface area contributed by atoms with Crippen molar-refractivity contribution in [3.63, 3.8) is 0 Å². The van der Waals surface area contributed by atoms with Crippen LogP contribution in [0.2, 0.25) is 0 Å². The minimum Gasteiger partial charge on any atom is -0.392 e. The summed E-state index contributed by atoms with van der Waals surface area (Å²) >= 11 is 0. The molecule has 2 unspecified atom stereocenters. The Hall–Kier alpha value is -0.860. The van der Waals surface area contributed by atoms with E-state index in [-0.39, 0.29) is 12.0 Å². The van der Waals surface area contributed by atoms with Crippen molar-refractivity contribution in [3.8, 4) is 0 Å². The predicted molar refractivity (Wildman–Crippen MR) is 68.3 cm³/mol. The Bertz CT molecular complexity index is 282. The van der Waals surface area contributed by atoms with Gasteiger partial charge in [0.2, 0.25) is 0 Å². The molecule has 0 aliphatic rings. The van der Waals surface area contributed by atoms with Gasteiger partial charge in [-0.05, 0) is 11.5 Å². The molecule has 0 aromatic heterocycles. The van der Waals surface area contributed by atoms with E-state index in [9.17, 15) is 5.11 Å². The van der Waals surface area contributed by atoms with Gasteiger partial charge in [-0.1, -0.05) is 57.0 Å². The van der Waals surface area contributed by atoms with Crippen LogP contribution < -0.4 is 5.73 Å². The molecule has 0 fully saturated rings. The Morgan fingerprint density at radius 3 is 2.12 bits per heavy atom. The van der Waals surface area contributed by atoms with Crippen LogP contribution in [0.1, 0.15) is 38.2 Å². The molecule has 0 aliphatic carbocycles. The fraction of sp³-hybridized carbons (Fsp3) is 0.571. The highest BCUT2D eigenvalue weighted by Gasteiger charge is 2.25. The van der Waals surface area contributed by atoms with Crippen LogP contribution in [0.15, 0.2) is 30.3 Å². The van der Waals surface area contributed by atoms with Gasteiger partial charge in [-0.2, -0.15) is 0 Å². The van der Waals surface area contributed by atoms with Crippen molar-refractivity contribution in [2.24, 2.45) is 11.7 Å². The first-order chi connectivity index (χ1) is 7.74. The smallest absolute Gasteiger partial charge is 0.0648 e. The lowest BCUT2D eigenvalue weighted by Gasteiger charge is -2.28. The summed E-state index contributed by atoms with van der Waals surface area (Å²) in [5.41, 5.74) is 6.94. The van der Waals surface area contributed by atoms with E-state index in [1.54, 1.807) is 0 Å². The predicted octanol–water partition coefficient (Wildman–Crippen LogP) is 2.53. The molecule has 2 nitrogen and oxygen atoms in total. The maximum absolute atomic E-state index is 10.3. The maximum atomic E-state index is 10.3. The maximum Gasteiger partial charge on any atom is 0.0648 e. The number of hydrogen-bond donors (Lipinski definition) is 2. The Labute approximate surface area is 98.5 Å². The molecular formula is C14H23NO. The van der Waals surface area contributed by atoms with Gasteiger partial charge in [-0.25, -0.2) is 0 Å². The van der Waals surface area contributed by atoms with Gasteiger partial charge in [-0.3, -0.25) is 0 Å². The highest BCUT2D eigenvalue weighted by molar-refractivity contribution is 5.21. The van der Waals surface area contributed by atoms with Gasteiger partial charge in [0.25, 0.3) is 0 Å². The van der Waals surface area contributed by atoms with Crippen molar-refractivity contribution in [3.05, 3.63) is 35.9 Å². The van der Waals surface area contributed by atoms with Gasteiger partial charge >= 0.3 is 0 Å². The second-order valence-corrected chi connectivity index (χ2v) is 4.32. The van der Waals surface area contributed by atoms with Gasteiger partial charge in [0.05, 0.1) is 6.10 Å². The van der Waals surface area contributed by atoms with E-state index in [4.69, 9.17) is 5.73 Å². The van der Waals surface area contributed by atoms with Crippen LogP contribution in [0.3, 0.4) is 0 Å². The Kier molecular flexibility index (Phi) is 5.50.